The number of nitrogens with zero attached hydrogens (tertiary/aromatic N) is 1. The second-order valence-electron chi connectivity index (χ2n) is 6.88. The van der Waals surface area contributed by atoms with Gasteiger partial charge in [-0.2, -0.15) is 0 Å². The molecular weight excluding hydrogens is 379 g/mol. The molecule has 3 rings (SSSR count). The molecule has 0 fully saturated rings. The molecule has 2 aromatic rings. The molecule has 1 N–H and O–H groups in total. The summed E-state index contributed by atoms with van der Waals surface area (Å²) in [5.74, 6) is -3.51. The standard InChI is InChI=1S/C21H19FN2O5/c1-12(2)18(24-19(26)15-5-3-4-6-16(15)20(24)27)21(28)29-11-17(25)23-14-9-7-13(22)8-10-14/h3-10,12,18H,11H2,1-2H3,(H,23,25). The van der Waals surface area contributed by atoms with E-state index >= 15 is 0 Å². The minimum Gasteiger partial charge on any atom is -0.454 e. The van der Waals surface area contributed by atoms with Crippen LogP contribution >= 0.6 is 0 Å². The van der Waals surface area contributed by atoms with Crippen molar-refractivity contribution in [2.75, 3.05) is 11.9 Å². The second kappa shape index (κ2) is 8.22. The lowest BCUT2D eigenvalue weighted by Gasteiger charge is -2.27. The largest absolute Gasteiger partial charge is 0.454 e. The number of benzene rings is 2. The first-order chi connectivity index (χ1) is 13.8. The number of ether oxygens (including phenoxy) is 1. The van der Waals surface area contributed by atoms with Crippen molar-refractivity contribution in [3.8, 4) is 0 Å². The number of carbonyl (C=O) groups is 4. The lowest BCUT2D eigenvalue weighted by atomic mass is 10.0. The van der Waals surface area contributed by atoms with Crippen molar-refractivity contribution in [3.05, 3.63) is 65.5 Å². The SMILES string of the molecule is CC(C)C(C(=O)OCC(=O)Nc1ccc(F)cc1)N1C(=O)c2ccccc2C1=O. The molecule has 1 aliphatic rings. The highest BCUT2D eigenvalue weighted by molar-refractivity contribution is 6.22. The quantitative estimate of drug-likeness (QED) is 0.597. The van der Waals surface area contributed by atoms with E-state index < -0.39 is 48.1 Å². The predicted octanol–water partition coefficient (Wildman–Crippen LogP) is 2.63. The first-order valence-electron chi connectivity index (χ1n) is 8.98. The van der Waals surface area contributed by atoms with Crippen LogP contribution in [0.15, 0.2) is 48.5 Å². The Labute approximate surface area is 166 Å². The molecule has 150 valence electrons. The van der Waals surface area contributed by atoms with Crippen LogP contribution in [0.1, 0.15) is 34.6 Å². The van der Waals surface area contributed by atoms with Gasteiger partial charge < -0.3 is 10.1 Å². The van der Waals surface area contributed by atoms with Crippen molar-refractivity contribution < 1.29 is 28.3 Å². The summed E-state index contributed by atoms with van der Waals surface area (Å²) >= 11 is 0. The molecule has 1 atom stereocenters. The summed E-state index contributed by atoms with van der Waals surface area (Å²) < 4.78 is 18.0. The van der Waals surface area contributed by atoms with Gasteiger partial charge in [0.15, 0.2) is 6.61 Å². The number of amides is 3. The highest BCUT2D eigenvalue weighted by atomic mass is 19.1. The van der Waals surface area contributed by atoms with Crippen molar-refractivity contribution >= 4 is 29.4 Å². The topological polar surface area (TPSA) is 92.8 Å². The van der Waals surface area contributed by atoms with Crippen molar-refractivity contribution in [2.24, 2.45) is 5.92 Å². The first kappa shape index (κ1) is 20.2. The molecule has 0 saturated carbocycles. The number of carbonyl (C=O) groups excluding carboxylic acids is 4. The molecule has 7 nitrogen and oxygen atoms in total. The van der Waals surface area contributed by atoms with Crippen LogP contribution < -0.4 is 5.32 Å². The highest BCUT2D eigenvalue weighted by Gasteiger charge is 2.44. The minimum absolute atomic E-state index is 0.227. The van der Waals surface area contributed by atoms with Crippen molar-refractivity contribution in [1.82, 2.24) is 4.90 Å². The van der Waals surface area contributed by atoms with Crippen LogP contribution in [-0.2, 0) is 14.3 Å². The average molecular weight is 398 g/mol. The third-order valence-electron chi connectivity index (χ3n) is 4.45. The maximum absolute atomic E-state index is 12.9. The van der Waals surface area contributed by atoms with E-state index in [-0.39, 0.29) is 11.1 Å². The number of nitrogens with one attached hydrogen (secondary N) is 1. The molecule has 0 spiro atoms. The van der Waals surface area contributed by atoms with Gasteiger partial charge in [-0.05, 0) is 42.3 Å². The predicted molar refractivity (Wildman–Crippen MR) is 102 cm³/mol. The zero-order valence-corrected chi connectivity index (χ0v) is 15.8. The Morgan fingerprint density at radius 2 is 1.55 bits per heavy atom. The van der Waals surface area contributed by atoms with Gasteiger partial charge in [-0.25, -0.2) is 9.18 Å². The first-order valence-corrected chi connectivity index (χ1v) is 8.98. The van der Waals surface area contributed by atoms with E-state index in [0.29, 0.717) is 5.69 Å². The van der Waals surface area contributed by atoms with Crippen LogP contribution in [0.2, 0.25) is 0 Å². The summed E-state index contributed by atoms with van der Waals surface area (Å²) in [6.45, 7) is 2.74. The number of fused-ring (bicyclic) bond motifs is 1. The van der Waals surface area contributed by atoms with Crippen LogP contribution in [0.5, 0.6) is 0 Å². The Hall–Kier alpha value is -3.55. The molecule has 1 aliphatic heterocycles. The van der Waals surface area contributed by atoms with Gasteiger partial charge in [0.25, 0.3) is 17.7 Å². The number of hydrogen-bond acceptors (Lipinski definition) is 5. The molecule has 29 heavy (non-hydrogen) atoms. The third kappa shape index (κ3) is 4.16. The number of hydrogen-bond donors (Lipinski definition) is 1. The van der Waals surface area contributed by atoms with Gasteiger partial charge in [-0.15, -0.1) is 0 Å². The number of imide groups is 1. The third-order valence-corrected chi connectivity index (χ3v) is 4.45. The smallest absolute Gasteiger partial charge is 0.330 e. The van der Waals surface area contributed by atoms with Crippen molar-refractivity contribution in [3.63, 3.8) is 0 Å². The molecular formula is C21H19FN2O5. The lowest BCUT2D eigenvalue weighted by molar-refractivity contribution is -0.152. The van der Waals surface area contributed by atoms with Crippen LogP contribution in [0, 0.1) is 11.7 Å². The fraction of sp³-hybridized carbons (Fsp3) is 0.238. The molecule has 1 unspecified atom stereocenters. The van der Waals surface area contributed by atoms with Crippen molar-refractivity contribution in [2.45, 2.75) is 19.9 Å². The number of anilines is 1. The Morgan fingerprint density at radius 1 is 1.00 bits per heavy atom. The van der Waals surface area contributed by atoms with Crippen LogP contribution in [0.25, 0.3) is 0 Å². The molecule has 2 aromatic carbocycles. The molecule has 8 heteroatoms. The number of rotatable bonds is 6. The Kier molecular flexibility index (Phi) is 5.72. The zero-order chi connectivity index (χ0) is 21.1. The van der Waals surface area contributed by atoms with Gasteiger partial charge in [-0.1, -0.05) is 26.0 Å². The van der Waals surface area contributed by atoms with Gasteiger partial charge in [0, 0.05) is 5.69 Å². The molecule has 0 aromatic heterocycles. The Balaban J connectivity index is 1.67. The summed E-state index contributed by atoms with van der Waals surface area (Å²) in [6.07, 6.45) is 0. The highest BCUT2D eigenvalue weighted by Crippen LogP contribution is 2.27. The van der Waals surface area contributed by atoms with E-state index in [1.165, 1.54) is 36.4 Å². The molecule has 0 bridgehead atoms. The van der Waals surface area contributed by atoms with E-state index in [1.54, 1.807) is 26.0 Å². The van der Waals surface area contributed by atoms with E-state index in [0.717, 1.165) is 4.90 Å². The molecule has 3 amide bonds. The van der Waals surface area contributed by atoms with Crippen LogP contribution in [-0.4, -0.2) is 41.2 Å². The van der Waals surface area contributed by atoms with Gasteiger partial charge >= 0.3 is 5.97 Å². The second-order valence-corrected chi connectivity index (χ2v) is 6.88. The van der Waals surface area contributed by atoms with E-state index in [9.17, 15) is 23.6 Å². The van der Waals surface area contributed by atoms with E-state index in [4.69, 9.17) is 4.74 Å². The molecule has 0 aliphatic carbocycles. The number of esters is 1. The van der Waals surface area contributed by atoms with Gasteiger partial charge in [0.05, 0.1) is 11.1 Å². The molecule has 0 radical (unpaired) electrons. The molecule has 0 saturated heterocycles. The van der Waals surface area contributed by atoms with Crippen LogP contribution in [0.4, 0.5) is 10.1 Å². The normalized spacial score (nSPS) is 14.0. The zero-order valence-electron chi connectivity index (χ0n) is 15.8. The maximum Gasteiger partial charge on any atom is 0.330 e. The summed E-state index contributed by atoms with van der Waals surface area (Å²) in [6, 6.07) is 10.2. The minimum atomic E-state index is -1.17. The molecule has 1 heterocycles. The summed E-state index contributed by atoms with van der Waals surface area (Å²) in [5.41, 5.74) is 0.795. The van der Waals surface area contributed by atoms with Crippen LogP contribution in [0.3, 0.4) is 0 Å². The average Bonchev–Trinajstić information content (AvgIpc) is 2.94. The lowest BCUT2D eigenvalue weighted by Crippen LogP contribution is -2.49. The van der Waals surface area contributed by atoms with Gasteiger partial charge in [0.2, 0.25) is 0 Å². The summed E-state index contributed by atoms with van der Waals surface area (Å²) in [4.78, 5) is 50.8. The van der Waals surface area contributed by atoms with E-state index in [2.05, 4.69) is 5.32 Å². The fourth-order valence-corrected chi connectivity index (χ4v) is 3.09. The van der Waals surface area contributed by atoms with E-state index in [1.807, 2.05) is 0 Å². The summed E-state index contributed by atoms with van der Waals surface area (Å²) in [5, 5.41) is 2.46. The van der Waals surface area contributed by atoms with Gasteiger partial charge in [0.1, 0.15) is 11.9 Å². The maximum atomic E-state index is 12.9. The Bertz CT molecular complexity index is 936. The summed E-state index contributed by atoms with van der Waals surface area (Å²) in [7, 11) is 0. The fourth-order valence-electron chi connectivity index (χ4n) is 3.09. The monoisotopic (exact) mass is 398 g/mol. The number of halogens is 1. The Morgan fingerprint density at radius 3 is 2.07 bits per heavy atom. The van der Waals surface area contributed by atoms with Gasteiger partial charge in [-0.3, -0.25) is 19.3 Å². The van der Waals surface area contributed by atoms with Crippen molar-refractivity contribution in [1.29, 1.82) is 0 Å².